The highest BCUT2D eigenvalue weighted by Gasteiger charge is 2.22. The van der Waals surface area contributed by atoms with Crippen LogP contribution in [0.15, 0.2) is 35.2 Å². The molecule has 1 aromatic carbocycles. The van der Waals surface area contributed by atoms with Crippen molar-refractivity contribution in [2.24, 2.45) is 0 Å². The number of halogens is 1. The number of rotatable bonds is 4. The van der Waals surface area contributed by atoms with Gasteiger partial charge in [-0.3, -0.25) is 0 Å². The first-order valence-electron chi connectivity index (χ1n) is 6.10. The quantitative estimate of drug-likeness (QED) is 0.836. The number of allylic oxidation sites excluding steroid dienone is 1. The molecule has 108 valence electrons. The number of carboxylic acids is 1. The fraction of sp³-hybridized carbons (Fsp3) is 0.308. The number of carbonyl (C=O) groups is 1. The molecule has 0 amide bonds. The number of hydrogen-bond acceptors (Lipinski definition) is 3. The minimum atomic E-state index is -3.74. The van der Waals surface area contributed by atoms with E-state index in [9.17, 15) is 13.2 Å². The van der Waals surface area contributed by atoms with Crippen molar-refractivity contribution in [2.75, 3.05) is 0 Å². The molecule has 1 aliphatic rings. The van der Waals surface area contributed by atoms with Crippen LogP contribution in [0.25, 0.3) is 0 Å². The fourth-order valence-electron chi connectivity index (χ4n) is 2.02. The SMILES string of the molecule is O=C(O)c1cc(S(=O)(=O)NC2CC=CCC2)ccc1Cl. The van der Waals surface area contributed by atoms with Gasteiger partial charge in [0, 0.05) is 6.04 Å². The van der Waals surface area contributed by atoms with Gasteiger partial charge in [0.2, 0.25) is 10.0 Å². The van der Waals surface area contributed by atoms with Crippen molar-refractivity contribution in [2.45, 2.75) is 30.2 Å². The minimum Gasteiger partial charge on any atom is -0.478 e. The molecule has 0 heterocycles. The Labute approximate surface area is 122 Å². The van der Waals surface area contributed by atoms with E-state index in [1.807, 2.05) is 12.2 Å². The molecule has 1 aromatic rings. The van der Waals surface area contributed by atoms with E-state index in [2.05, 4.69) is 4.72 Å². The van der Waals surface area contributed by atoms with Gasteiger partial charge in [-0.05, 0) is 37.5 Å². The van der Waals surface area contributed by atoms with Crippen molar-refractivity contribution in [3.05, 3.63) is 40.9 Å². The number of carboxylic acid groups (broad SMARTS) is 1. The fourth-order valence-corrected chi connectivity index (χ4v) is 3.53. The van der Waals surface area contributed by atoms with Crippen LogP contribution in [0.2, 0.25) is 5.02 Å². The van der Waals surface area contributed by atoms with Crippen molar-refractivity contribution >= 4 is 27.6 Å². The Balaban J connectivity index is 2.27. The molecule has 20 heavy (non-hydrogen) atoms. The largest absolute Gasteiger partial charge is 0.478 e. The normalized spacial score (nSPS) is 18.9. The van der Waals surface area contributed by atoms with Gasteiger partial charge in [0.05, 0.1) is 15.5 Å². The Morgan fingerprint density at radius 3 is 2.70 bits per heavy atom. The van der Waals surface area contributed by atoms with Crippen LogP contribution >= 0.6 is 11.6 Å². The molecule has 0 aromatic heterocycles. The second-order valence-electron chi connectivity index (χ2n) is 4.55. The average Bonchev–Trinajstić information content (AvgIpc) is 2.39. The highest BCUT2D eigenvalue weighted by molar-refractivity contribution is 7.89. The first-order chi connectivity index (χ1) is 9.40. The summed E-state index contributed by atoms with van der Waals surface area (Å²) in [4.78, 5) is 10.9. The summed E-state index contributed by atoms with van der Waals surface area (Å²) >= 11 is 5.73. The molecule has 0 saturated heterocycles. The van der Waals surface area contributed by atoms with Gasteiger partial charge in [-0.2, -0.15) is 0 Å². The third-order valence-corrected chi connectivity index (χ3v) is 4.92. The van der Waals surface area contributed by atoms with Crippen molar-refractivity contribution in [1.29, 1.82) is 0 Å². The Hall–Kier alpha value is -1.37. The molecule has 7 heteroatoms. The van der Waals surface area contributed by atoms with Gasteiger partial charge in [0.1, 0.15) is 0 Å². The molecular weight excluding hydrogens is 302 g/mol. The van der Waals surface area contributed by atoms with E-state index in [4.69, 9.17) is 16.7 Å². The van der Waals surface area contributed by atoms with E-state index in [0.717, 1.165) is 18.9 Å². The van der Waals surface area contributed by atoms with Crippen LogP contribution in [0.5, 0.6) is 0 Å². The van der Waals surface area contributed by atoms with Crippen LogP contribution < -0.4 is 4.72 Å². The number of aromatic carboxylic acids is 1. The van der Waals surface area contributed by atoms with Gasteiger partial charge in [0.15, 0.2) is 0 Å². The smallest absolute Gasteiger partial charge is 0.337 e. The monoisotopic (exact) mass is 315 g/mol. The van der Waals surface area contributed by atoms with Gasteiger partial charge in [-0.15, -0.1) is 0 Å². The van der Waals surface area contributed by atoms with Gasteiger partial charge in [-0.1, -0.05) is 23.8 Å². The molecule has 1 unspecified atom stereocenters. The lowest BCUT2D eigenvalue weighted by Gasteiger charge is -2.19. The van der Waals surface area contributed by atoms with Crippen molar-refractivity contribution in [1.82, 2.24) is 4.72 Å². The van der Waals surface area contributed by atoms with Gasteiger partial charge < -0.3 is 5.11 Å². The molecule has 1 aliphatic carbocycles. The maximum absolute atomic E-state index is 12.2. The molecule has 2 N–H and O–H groups in total. The summed E-state index contributed by atoms with van der Waals surface area (Å²) in [5, 5.41) is 8.98. The zero-order chi connectivity index (χ0) is 14.8. The lowest BCUT2D eigenvalue weighted by Crippen LogP contribution is -2.35. The van der Waals surface area contributed by atoms with Crippen molar-refractivity contribution in [3.8, 4) is 0 Å². The number of benzene rings is 1. The molecule has 5 nitrogen and oxygen atoms in total. The van der Waals surface area contributed by atoms with Crippen LogP contribution in [0.4, 0.5) is 0 Å². The van der Waals surface area contributed by atoms with Crippen LogP contribution in [-0.4, -0.2) is 25.5 Å². The molecule has 2 rings (SSSR count). The highest BCUT2D eigenvalue weighted by Crippen LogP contribution is 2.21. The predicted octanol–water partition coefficient (Wildman–Crippen LogP) is 2.43. The molecule has 0 radical (unpaired) electrons. The van der Waals surface area contributed by atoms with Crippen molar-refractivity contribution < 1.29 is 18.3 Å². The molecular formula is C13H14ClNO4S. The van der Waals surface area contributed by atoms with Crippen molar-refractivity contribution in [3.63, 3.8) is 0 Å². The van der Waals surface area contributed by atoms with E-state index in [1.54, 1.807) is 0 Å². The summed E-state index contributed by atoms with van der Waals surface area (Å²) in [6, 6.07) is 3.50. The van der Waals surface area contributed by atoms with Crippen LogP contribution in [0.1, 0.15) is 29.6 Å². The summed E-state index contributed by atoms with van der Waals surface area (Å²) < 4.78 is 27.0. The summed E-state index contributed by atoms with van der Waals surface area (Å²) in [5.74, 6) is -1.26. The summed E-state index contributed by atoms with van der Waals surface area (Å²) in [7, 11) is -3.74. The van der Waals surface area contributed by atoms with Gasteiger partial charge >= 0.3 is 5.97 Å². The Kier molecular flexibility index (Phi) is 4.47. The van der Waals surface area contributed by atoms with Crippen LogP contribution in [-0.2, 0) is 10.0 Å². The van der Waals surface area contributed by atoms with E-state index in [-0.39, 0.29) is 21.5 Å². The third-order valence-electron chi connectivity index (χ3n) is 3.07. The number of nitrogens with one attached hydrogen (secondary N) is 1. The molecule has 0 saturated carbocycles. The second kappa shape index (κ2) is 5.95. The maximum Gasteiger partial charge on any atom is 0.337 e. The topological polar surface area (TPSA) is 83.5 Å². The lowest BCUT2D eigenvalue weighted by atomic mass is 10.0. The van der Waals surface area contributed by atoms with Crippen LogP contribution in [0, 0.1) is 0 Å². The minimum absolute atomic E-state index is 0.0112. The molecule has 0 aliphatic heterocycles. The summed E-state index contributed by atoms with van der Waals surface area (Å²) in [5.41, 5.74) is -0.224. The van der Waals surface area contributed by atoms with E-state index < -0.39 is 16.0 Å². The number of sulfonamides is 1. The first kappa shape index (κ1) is 15.0. The standard InChI is InChI=1S/C13H14ClNO4S/c14-12-7-6-10(8-11(12)13(16)17)20(18,19)15-9-4-2-1-3-5-9/h1-2,6-9,15H,3-5H2,(H,16,17). The zero-order valence-electron chi connectivity index (χ0n) is 10.5. The first-order valence-corrected chi connectivity index (χ1v) is 7.96. The number of hydrogen-bond donors (Lipinski definition) is 2. The highest BCUT2D eigenvalue weighted by atomic mass is 35.5. The second-order valence-corrected chi connectivity index (χ2v) is 6.67. The van der Waals surface area contributed by atoms with Gasteiger partial charge in [-0.25, -0.2) is 17.9 Å². The Morgan fingerprint density at radius 2 is 2.10 bits per heavy atom. The summed E-state index contributed by atoms with van der Waals surface area (Å²) in [6.45, 7) is 0. The van der Waals surface area contributed by atoms with Gasteiger partial charge in [0.25, 0.3) is 0 Å². The third kappa shape index (κ3) is 3.39. The van der Waals surface area contributed by atoms with E-state index in [0.29, 0.717) is 6.42 Å². The molecule has 1 atom stereocenters. The van der Waals surface area contributed by atoms with E-state index in [1.165, 1.54) is 12.1 Å². The molecule has 0 spiro atoms. The zero-order valence-corrected chi connectivity index (χ0v) is 12.1. The Bertz CT molecular complexity index is 654. The average molecular weight is 316 g/mol. The van der Waals surface area contributed by atoms with Crippen LogP contribution in [0.3, 0.4) is 0 Å². The molecule has 0 fully saturated rings. The Morgan fingerprint density at radius 1 is 1.35 bits per heavy atom. The van der Waals surface area contributed by atoms with E-state index >= 15 is 0 Å². The molecule has 0 bridgehead atoms. The predicted molar refractivity (Wildman–Crippen MR) is 75.5 cm³/mol. The maximum atomic E-state index is 12.2. The lowest BCUT2D eigenvalue weighted by molar-refractivity contribution is 0.0697. The summed E-state index contributed by atoms with van der Waals surface area (Å²) in [6.07, 6.45) is 6.14.